The topological polar surface area (TPSA) is 35.6 Å². The lowest BCUT2D eigenvalue weighted by atomic mass is 9.82. The maximum atomic E-state index is 4.71. The van der Waals surface area contributed by atoms with Gasteiger partial charge in [0.15, 0.2) is 11.6 Å². The molecular weight excluding hydrogens is 693 g/mol. The largest absolute Gasteiger partial charge is 0.309 e. The number of aromatic nitrogens is 4. The first-order valence-corrected chi connectivity index (χ1v) is 19.6. The summed E-state index contributed by atoms with van der Waals surface area (Å²) in [7, 11) is 0. The molecule has 1 aliphatic rings. The van der Waals surface area contributed by atoms with Crippen LogP contribution in [-0.2, 0) is 5.41 Å². The zero-order chi connectivity index (χ0) is 38.1. The van der Waals surface area contributed by atoms with Gasteiger partial charge in [-0.25, -0.2) is 0 Å². The molecule has 1 aliphatic carbocycles. The fraction of sp³-hybridized carbons (Fsp3) is 0.0566. The van der Waals surface area contributed by atoms with Gasteiger partial charge in [-0.2, -0.15) is 0 Å². The van der Waals surface area contributed by atoms with Gasteiger partial charge in [-0.3, -0.25) is 4.57 Å². The van der Waals surface area contributed by atoms with Crippen molar-refractivity contribution in [2.75, 3.05) is 0 Å². The number of nitrogens with zero attached hydrogens (tertiary/aromatic N) is 4. The number of hydrogen-bond acceptors (Lipinski definition) is 2. The van der Waals surface area contributed by atoms with Crippen LogP contribution in [-0.4, -0.2) is 19.3 Å². The van der Waals surface area contributed by atoms with E-state index in [1.165, 1.54) is 60.8 Å². The van der Waals surface area contributed by atoms with E-state index < -0.39 is 0 Å². The molecule has 0 saturated heterocycles. The molecule has 0 N–H and O–H groups in total. The molecule has 11 rings (SSSR count). The third-order valence-corrected chi connectivity index (χ3v) is 11.9. The van der Waals surface area contributed by atoms with Crippen LogP contribution in [0.25, 0.3) is 89.3 Å². The van der Waals surface area contributed by atoms with Gasteiger partial charge in [0.25, 0.3) is 0 Å². The monoisotopic (exact) mass is 730 g/mol. The average Bonchev–Trinajstić information content (AvgIpc) is 3.94. The Labute approximate surface area is 332 Å². The molecule has 8 aromatic carbocycles. The van der Waals surface area contributed by atoms with E-state index >= 15 is 0 Å². The molecule has 4 heteroatoms. The minimum atomic E-state index is -0.0551. The van der Waals surface area contributed by atoms with E-state index in [2.05, 4.69) is 181 Å². The molecule has 2 aromatic heterocycles. The molecule has 0 fully saturated rings. The molecule has 0 atom stereocenters. The van der Waals surface area contributed by atoms with Crippen molar-refractivity contribution in [3.8, 4) is 67.5 Å². The molecule has 0 radical (unpaired) electrons. The predicted octanol–water partition coefficient (Wildman–Crippen LogP) is 13.3. The molecule has 0 unspecified atom stereocenters. The lowest BCUT2D eigenvalue weighted by molar-refractivity contribution is 0.660. The van der Waals surface area contributed by atoms with Crippen LogP contribution in [0.15, 0.2) is 194 Å². The van der Waals surface area contributed by atoms with Crippen molar-refractivity contribution in [3.63, 3.8) is 0 Å². The van der Waals surface area contributed by atoms with Gasteiger partial charge in [0, 0.05) is 44.3 Å². The van der Waals surface area contributed by atoms with E-state index in [0.717, 1.165) is 39.7 Å². The Morgan fingerprint density at radius 1 is 0.386 bits per heavy atom. The summed E-state index contributed by atoms with van der Waals surface area (Å²) in [5.74, 6) is 1.61. The molecule has 0 bridgehead atoms. The molecule has 0 spiro atoms. The summed E-state index contributed by atoms with van der Waals surface area (Å²) in [5.41, 5.74) is 16.8. The average molecular weight is 731 g/mol. The second-order valence-electron chi connectivity index (χ2n) is 15.5. The molecule has 0 amide bonds. The summed E-state index contributed by atoms with van der Waals surface area (Å²) in [6.45, 7) is 4.70. The molecule has 270 valence electrons. The Morgan fingerprint density at radius 2 is 0.930 bits per heavy atom. The van der Waals surface area contributed by atoms with Crippen molar-refractivity contribution in [1.82, 2.24) is 19.3 Å². The summed E-state index contributed by atoms with van der Waals surface area (Å²) in [5, 5.41) is 11.9. The van der Waals surface area contributed by atoms with Crippen LogP contribution in [0.3, 0.4) is 0 Å². The molecule has 4 nitrogen and oxygen atoms in total. The Balaban J connectivity index is 1.09. The molecule has 10 aromatic rings. The number of rotatable bonds is 6. The summed E-state index contributed by atoms with van der Waals surface area (Å²) in [6.07, 6.45) is 0. The maximum absolute atomic E-state index is 4.71. The molecule has 57 heavy (non-hydrogen) atoms. The second-order valence-corrected chi connectivity index (χ2v) is 15.5. The van der Waals surface area contributed by atoms with E-state index in [9.17, 15) is 0 Å². The van der Waals surface area contributed by atoms with Gasteiger partial charge >= 0.3 is 0 Å². The molecular formula is C53H38N4. The van der Waals surface area contributed by atoms with E-state index in [4.69, 9.17) is 10.2 Å². The first-order chi connectivity index (χ1) is 28.1. The van der Waals surface area contributed by atoms with Crippen LogP contribution in [0.5, 0.6) is 0 Å². The standard InChI is InChI=1S/C53H38N4/c1-53(2)46-26-13-12-22-44(46)49-41(23-15-27-47(49)53)38-30-33-48-45(34-38)43-25-14-24-42(50(43)56(48)39-20-10-5-11-21-39)35-28-31-40(32-29-35)57-51(36-16-6-3-7-17-36)54-55-52(57)37-18-8-4-9-19-37/h3-34H,1-2H3. The Kier molecular flexibility index (Phi) is 7.48. The zero-order valence-corrected chi connectivity index (χ0v) is 31.8. The minimum Gasteiger partial charge on any atom is -0.309 e. The van der Waals surface area contributed by atoms with Crippen molar-refractivity contribution in [2.45, 2.75) is 19.3 Å². The van der Waals surface area contributed by atoms with E-state index in [0.29, 0.717) is 0 Å². The van der Waals surface area contributed by atoms with E-state index in [1.807, 2.05) is 36.4 Å². The summed E-state index contributed by atoms with van der Waals surface area (Å²) >= 11 is 0. The van der Waals surface area contributed by atoms with Gasteiger partial charge in [-0.15, -0.1) is 10.2 Å². The van der Waals surface area contributed by atoms with Crippen LogP contribution < -0.4 is 0 Å². The summed E-state index contributed by atoms with van der Waals surface area (Å²) in [6, 6.07) is 69.7. The highest BCUT2D eigenvalue weighted by atomic mass is 15.3. The first kappa shape index (κ1) is 33.1. The quantitative estimate of drug-likeness (QED) is 0.171. The van der Waals surface area contributed by atoms with Crippen molar-refractivity contribution in [3.05, 3.63) is 205 Å². The van der Waals surface area contributed by atoms with Crippen LogP contribution in [0.1, 0.15) is 25.0 Å². The predicted molar refractivity (Wildman–Crippen MR) is 235 cm³/mol. The van der Waals surface area contributed by atoms with E-state index in [-0.39, 0.29) is 5.41 Å². The van der Waals surface area contributed by atoms with Gasteiger partial charge in [0.1, 0.15) is 0 Å². The Morgan fingerprint density at radius 3 is 1.63 bits per heavy atom. The van der Waals surface area contributed by atoms with Crippen LogP contribution in [0.2, 0.25) is 0 Å². The second kappa shape index (κ2) is 12.9. The highest BCUT2D eigenvalue weighted by molar-refractivity contribution is 6.15. The number of benzene rings is 8. The molecule has 2 heterocycles. The van der Waals surface area contributed by atoms with Crippen molar-refractivity contribution >= 4 is 21.8 Å². The Hall–Kier alpha value is -7.30. The smallest absolute Gasteiger partial charge is 0.168 e. The van der Waals surface area contributed by atoms with Crippen molar-refractivity contribution < 1.29 is 0 Å². The lowest BCUT2D eigenvalue weighted by Crippen LogP contribution is -2.14. The van der Waals surface area contributed by atoms with Gasteiger partial charge in [0.2, 0.25) is 0 Å². The van der Waals surface area contributed by atoms with Gasteiger partial charge in [-0.1, -0.05) is 172 Å². The van der Waals surface area contributed by atoms with Crippen molar-refractivity contribution in [2.24, 2.45) is 0 Å². The highest BCUT2D eigenvalue weighted by Gasteiger charge is 2.36. The van der Waals surface area contributed by atoms with Gasteiger partial charge in [-0.05, 0) is 75.3 Å². The highest BCUT2D eigenvalue weighted by Crippen LogP contribution is 2.52. The first-order valence-electron chi connectivity index (χ1n) is 19.6. The van der Waals surface area contributed by atoms with Gasteiger partial charge < -0.3 is 4.57 Å². The fourth-order valence-corrected chi connectivity index (χ4v) is 9.18. The van der Waals surface area contributed by atoms with Crippen molar-refractivity contribution in [1.29, 1.82) is 0 Å². The maximum Gasteiger partial charge on any atom is 0.168 e. The normalized spacial score (nSPS) is 12.9. The summed E-state index contributed by atoms with van der Waals surface area (Å²) in [4.78, 5) is 0. The van der Waals surface area contributed by atoms with Crippen LogP contribution >= 0.6 is 0 Å². The molecule has 0 saturated carbocycles. The number of fused-ring (bicyclic) bond motifs is 6. The zero-order valence-electron chi connectivity index (χ0n) is 31.8. The fourth-order valence-electron chi connectivity index (χ4n) is 9.18. The third-order valence-electron chi connectivity index (χ3n) is 11.9. The Bertz CT molecular complexity index is 3060. The van der Waals surface area contributed by atoms with Gasteiger partial charge in [0.05, 0.1) is 11.0 Å². The number of para-hydroxylation sites is 2. The third kappa shape index (κ3) is 5.14. The van der Waals surface area contributed by atoms with Crippen LogP contribution in [0, 0.1) is 0 Å². The molecule has 0 aliphatic heterocycles. The van der Waals surface area contributed by atoms with Crippen LogP contribution in [0.4, 0.5) is 0 Å². The van der Waals surface area contributed by atoms with E-state index in [1.54, 1.807) is 0 Å². The minimum absolute atomic E-state index is 0.0551. The summed E-state index contributed by atoms with van der Waals surface area (Å²) < 4.78 is 4.60. The number of hydrogen-bond donors (Lipinski definition) is 0. The SMILES string of the molecule is CC1(C)c2ccccc2-c2c(-c3ccc4c(c3)c3cccc(-c5ccc(-n6c(-c7ccccc7)nnc6-c6ccccc6)cc5)c3n4-c3ccccc3)cccc21. The lowest BCUT2D eigenvalue weighted by Gasteiger charge is -2.21.